The van der Waals surface area contributed by atoms with Gasteiger partial charge >= 0.3 is 0 Å². The maximum Gasteiger partial charge on any atom is 0.148 e. The Kier molecular flexibility index (Phi) is 2.99. The van der Waals surface area contributed by atoms with E-state index in [9.17, 15) is 4.39 Å². The van der Waals surface area contributed by atoms with Crippen LogP contribution in [0.2, 0.25) is 0 Å². The molecule has 0 radical (unpaired) electrons. The normalized spacial score (nSPS) is 10.5. The van der Waals surface area contributed by atoms with Crippen LogP contribution in [0.4, 0.5) is 15.8 Å². The predicted octanol–water partition coefficient (Wildman–Crippen LogP) is 2.40. The number of nitrogens with one attached hydrogen (secondary N) is 1. The zero-order valence-electron chi connectivity index (χ0n) is 9.75. The fraction of sp³-hybridized carbons (Fsp3) is 0.250. The number of aromatic nitrogens is 1. The summed E-state index contributed by atoms with van der Waals surface area (Å²) >= 11 is 0. The minimum atomic E-state index is -0.374. The highest BCUT2D eigenvalue weighted by molar-refractivity contribution is 5.99. The first kappa shape index (κ1) is 11.4. The van der Waals surface area contributed by atoms with Crippen molar-refractivity contribution in [2.24, 2.45) is 0 Å². The second kappa shape index (κ2) is 4.45. The van der Waals surface area contributed by atoms with Gasteiger partial charge in [0.25, 0.3) is 0 Å². The lowest BCUT2D eigenvalue weighted by Gasteiger charge is -2.12. The molecular weight excluding hydrogens is 221 g/mol. The van der Waals surface area contributed by atoms with Gasteiger partial charge in [-0.05, 0) is 13.0 Å². The second-order valence-corrected chi connectivity index (χ2v) is 3.62. The van der Waals surface area contributed by atoms with Crippen LogP contribution in [0, 0.1) is 5.82 Å². The predicted molar refractivity (Wildman–Crippen MR) is 66.8 cm³/mol. The Morgan fingerprint density at radius 3 is 2.88 bits per heavy atom. The average Bonchev–Trinajstić information content (AvgIpc) is 2.32. The fourth-order valence-electron chi connectivity index (χ4n) is 1.78. The summed E-state index contributed by atoms with van der Waals surface area (Å²) in [6.45, 7) is 2.64. The molecule has 0 saturated carbocycles. The van der Waals surface area contributed by atoms with Crippen molar-refractivity contribution in [2.45, 2.75) is 6.92 Å². The van der Waals surface area contributed by atoms with E-state index in [1.54, 1.807) is 6.20 Å². The van der Waals surface area contributed by atoms with Crippen molar-refractivity contribution in [2.75, 3.05) is 24.7 Å². The zero-order chi connectivity index (χ0) is 12.4. The second-order valence-electron chi connectivity index (χ2n) is 3.62. The quantitative estimate of drug-likeness (QED) is 0.857. The number of benzene rings is 1. The molecule has 0 fully saturated rings. The smallest absolute Gasteiger partial charge is 0.148 e. The largest absolute Gasteiger partial charge is 0.494 e. The van der Waals surface area contributed by atoms with Gasteiger partial charge in [0.1, 0.15) is 17.1 Å². The molecular formula is C12H14FN3O. The van der Waals surface area contributed by atoms with Gasteiger partial charge in [-0.2, -0.15) is 0 Å². The lowest BCUT2D eigenvalue weighted by molar-refractivity contribution is 0.415. The van der Waals surface area contributed by atoms with Crippen LogP contribution in [0.15, 0.2) is 18.3 Å². The van der Waals surface area contributed by atoms with Crippen LogP contribution < -0.4 is 15.8 Å². The number of fused-ring (bicyclic) bond motifs is 1. The Balaban J connectivity index is 2.79. The van der Waals surface area contributed by atoms with E-state index in [1.807, 2.05) is 6.92 Å². The monoisotopic (exact) mass is 235 g/mol. The van der Waals surface area contributed by atoms with Gasteiger partial charge in [-0.1, -0.05) is 0 Å². The summed E-state index contributed by atoms with van der Waals surface area (Å²) in [4.78, 5) is 4.18. The molecule has 3 N–H and O–H groups in total. The van der Waals surface area contributed by atoms with Gasteiger partial charge in [-0.15, -0.1) is 0 Å². The van der Waals surface area contributed by atoms with Gasteiger partial charge in [0.2, 0.25) is 0 Å². The van der Waals surface area contributed by atoms with Gasteiger partial charge in [0.15, 0.2) is 0 Å². The lowest BCUT2D eigenvalue weighted by atomic mass is 10.1. The van der Waals surface area contributed by atoms with Crippen LogP contribution >= 0.6 is 0 Å². The van der Waals surface area contributed by atoms with E-state index in [4.69, 9.17) is 10.5 Å². The molecule has 0 aliphatic carbocycles. The molecule has 2 rings (SSSR count). The standard InChI is InChI=1S/C12H14FN3O/c1-3-15-11-8-4-7(13)5-10(17-2)12(8)16-6-9(11)14/h4-6H,3,14H2,1-2H3,(H,15,16). The third-order valence-electron chi connectivity index (χ3n) is 2.50. The number of hydrogen-bond acceptors (Lipinski definition) is 4. The molecule has 1 aromatic heterocycles. The number of nitrogen functional groups attached to an aromatic ring is 1. The van der Waals surface area contributed by atoms with Crippen molar-refractivity contribution in [1.29, 1.82) is 0 Å². The number of anilines is 2. The summed E-state index contributed by atoms with van der Waals surface area (Å²) in [5.41, 5.74) is 7.61. The molecule has 1 heterocycles. The van der Waals surface area contributed by atoms with E-state index >= 15 is 0 Å². The van der Waals surface area contributed by atoms with Gasteiger partial charge in [-0.3, -0.25) is 4.98 Å². The Hall–Kier alpha value is -2.04. The first-order chi connectivity index (χ1) is 8.17. The van der Waals surface area contributed by atoms with Crippen LogP contribution in [0.5, 0.6) is 5.75 Å². The minimum absolute atomic E-state index is 0.374. The van der Waals surface area contributed by atoms with Gasteiger partial charge in [0.05, 0.1) is 24.7 Å². The molecule has 0 aliphatic rings. The lowest BCUT2D eigenvalue weighted by Crippen LogP contribution is -2.03. The fourth-order valence-corrected chi connectivity index (χ4v) is 1.78. The van der Waals surface area contributed by atoms with Crippen LogP contribution in [0.1, 0.15) is 6.92 Å². The first-order valence-corrected chi connectivity index (χ1v) is 5.33. The summed E-state index contributed by atoms with van der Waals surface area (Å²) in [7, 11) is 1.49. The van der Waals surface area contributed by atoms with Crippen molar-refractivity contribution in [3.63, 3.8) is 0 Å². The van der Waals surface area contributed by atoms with Crippen molar-refractivity contribution in [3.05, 3.63) is 24.1 Å². The van der Waals surface area contributed by atoms with Gasteiger partial charge in [-0.25, -0.2) is 4.39 Å². The number of rotatable bonds is 3. The Morgan fingerprint density at radius 1 is 1.47 bits per heavy atom. The topological polar surface area (TPSA) is 60.2 Å². The molecule has 0 amide bonds. The number of hydrogen-bond donors (Lipinski definition) is 2. The Bertz CT molecular complexity index is 557. The molecule has 4 nitrogen and oxygen atoms in total. The molecule has 0 bridgehead atoms. The third kappa shape index (κ3) is 1.95. The highest BCUT2D eigenvalue weighted by atomic mass is 19.1. The van der Waals surface area contributed by atoms with Crippen LogP contribution in [0.3, 0.4) is 0 Å². The molecule has 2 aromatic rings. The maximum absolute atomic E-state index is 13.5. The van der Waals surface area contributed by atoms with Crippen molar-refractivity contribution in [1.82, 2.24) is 4.98 Å². The van der Waals surface area contributed by atoms with Crippen LogP contribution in [0.25, 0.3) is 10.9 Å². The van der Waals surface area contributed by atoms with Crippen LogP contribution in [-0.2, 0) is 0 Å². The SMILES string of the molecule is CCNc1c(N)cnc2c(OC)cc(F)cc12. The summed E-state index contributed by atoms with van der Waals surface area (Å²) < 4.78 is 18.6. The highest BCUT2D eigenvalue weighted by Gasteiger charge is 2.11. The molecule has 0 saturated heterocycles. The molecule has 0 aliphatic heterocycles. The molecule has 0 atom stereocenters. The van der Waals surface area contributed by atoms with E-state index in [0.29, 0.717) is 34.6 Å². The van der Waals surface area contributed by atoms with Crippen molar-refractivity contribution in [3.8, 4) is 5.75 Å². The third-order valence-corrected chi connectivity index (χ3v) is 2.50. The number of nitrogens with two attached hydrogens (primary N) is 1. The number of pyridine rings is 1. The minimum Gasteiger partial charge on any atom is -0.494 e. The Labute approximate surface area is 98.6 Å². The number of halogens is 1. The van der Waals surface area contributed by atoms with E-state index in [2.05, 4.69) is 10.3 Å². The maximum atomic E-state index is 13.5. The van der Waals surface area contributed by atoms with E-state index in [-0.39, 0.29) is 5.82 Å². The summed E-state index contributed by atoms with van der Waals surface area (Å²) in [6, 6.07) is 2.71. The average molecular weight is 235 g/mol. The number of nitrogens with zero attached hydrogens (tertiary/aromatic N) is 1. The van der Waals surface area contributed by atoms with Crippen LogP contribution in [-0.4, -0.2) is 18.6 Å². The molecule has 17 heavy (non-hydrogen) atoms. The molecule has 0 unspecified atom stereocenters. The summed E-state index contributed by atoms with van der Waals surface area (Å²) in [6.07, 6.45) is 1.54. The first-order valence-electron chi connectivity index (χ1n) is 5.33. The highest BCUT2D eigenvalue weighted by Crippen LogP contribution is 2.33. The molecule has 0 spiro atoms. The molecule has 5 heteroatoms. The molecule has 1 aromatic carbocycles. The summed E-state index contributed by atoms with van der Waals surface area (Å²) in [5, 5.41) is 3.74. The number of ether oxygens (including phenoxy) is 1. The Morgan fingerprint density at radius 2 is 2.24 bits per heavy atom. The van der Waals surface area contributed by atoms with E-state index in [0.717, 1.165) is 0 Å². The summed E-state index contributed by atoms with van der Waals surface area (Å²) in [5.74, 6) is 0.0278. The van der Waals surface area contributed by atoms with Crippen molar-refractivity contribution >= 4 is 22.3 Å². The van der Waals surface area contributed by atoms with E-state index < -0.39 is 0 Å². The zero-order valence-corrected chi connectivity index (χ0v) is 9.75. The van der Waals surface area contributed by atoms with Gasteiger partial charge in [0, 0.05) is 18.0 Å². The molecule has 90 valence electrons. The van der Waals surface area contributed by atoms with E-state index in [1.165, 1.54) is 19.2 Å². The van der Waals surface area contributed by atoms with Crippen molar-refractivity contribution < 1.29 is 9.13 Å². The number of methoxy groups -OCH3 is 1. The van der Waals surface area contributed by atoms with Gasteiger partial charge < -0.3 is 15.8 Å².